The number of aliphatic hydroxyl groups is 1. The number of carbonyl (C=O) groups is 3. The van der Waals surface area contributed by atoms with Crippen molar-refractivity contribution >= 4 is 18.1 Å². The summed E-state index contributed by atoms with van der Waals surface area (Å²) in [4.78, 5) is 40.0. The minimum atomic E-state index is -1.14. The average molecular weight is 681 g/mol. The van der Waals surface area contributed by atoms with Gasteiger partial charge in [0.2, 0.25) is 0 Å². The fourth-order valence-electron chi connectivity index (χ4n) is 7.14. The highest BCUT2D eigenvalue weighted by atomic mass is 16.7. The maximum atomic E-state index is 13.9. The summed E-state index contributed by atoms with van der Waals surface area (Å²) in [6, 6.07) is 17.3. The number of hydrazine groups is 1. The van der Waals surface area contributed by atoms with Gasteiger partial charge in [0, 0.05) is 31.3 Å². The van der Waals surface area contributed by atoms with Crippen LogP contribution in [0.3, 0.4) is 0 Å². The van der Waals surface area contributed by atoms with Crippen LogP contribution in [0.5, 0.6) is 0 Å². The predicted octanol–water partition coefficient (Wildman–Crippen LogP) is 2.91. The molecule has 0 aromatic heterocycles. The summed E-state index contributed by atoms with van der Waals surface area (Å²) < 4.78 is 28.3. The van der Waals surface area contributed by atoms with Crippen molar-refractivity contribution in [1.82, 2.24) is 21.1 Å². The van der Waals surface area contributed by atoms with Gasteiger partial charge in [-0.2, -0.15) is 0 Å². The van der Waals surface area contributed by atoms with E-state index in [1.165, 1.54) is 0 Å². The molecule has 4 fully saturated rings. The van der Waals surface area contributed by atoms with E-state index in [2.05, 4.69) is 16.1 Å². The summed E-state index contributed by atoms with van der Waals surface area (Å²) >= 11 is 0. The monoisotopic (exact) mass is 680 g/mol. The van der Waals surface area contributed by atoms with Crippen LogP contribution in [-0.2, 0) is 41.4 Å². The predicted molar refractivity (Wildman–Crippen MR) is 177 cm³/mol. The molecule has 266 valence electrons. The van der Waals surface area contributed by atoms with Gasteiger partial charge < -0.3 is 39.4 Å². The molecule has 6 unspecified atom stereocenters. The second-order valence-electron chi connectivity index (χ2n) is 14.5. The molecule has 1 saturated carbocycles. The number of nitrogens with zero attached hydrogens (tertiary/aromatic N) is 1. The number of rotatable bonds is 13. The molecule has 49 heavy (non-hydrogen) atoms. The first kappa shape index (κ1) is 35.1. The average Bonchev–Trinajstić information content (AvgIpc) is 3.84. The van der Waals surface area contributed by atoms with Crippen LogP contribution in [0.15, 0.2) is 60.7 Å². The van der Waals surface area contributed by atoms with E-state index in [-0.39, 0.29) is 43.4 Å². The van der Waals surface area contributed by atoms with Crippen molar-refractivity contribution in [3.8, 4) is 0 Å². The summed E-state index contributed by atoms with van der Waals surface area (Å²) in [5.41, 5.74) is 4.05. The lowest BCUT2D eigenvalue weighted by Crippen LogP contribution is -2.59. The smallest absolute Gasteiger partial charge is 0.408 e. The molecule has 3 aliphatic heterocycles. The van der Waals surface area contributed by atoms with Crippen LogP contribution in [0.4, 0.5) is 9.59 Å². The number of hydrogen-bond donors (Lipinski definition) is 4. The van der Waals surface area contributed by atoms with Crippen molar-refractivity contribution in [3.05, 3.63) is 71.8 Å². The number of benzene rings is 2. The molecular formula is C36H48N4O9. The minimum absolute atomic E-state index is 0.0471. The lowest BCUT2D eigenvalue weighted by atomic mass is 9.86. The topological polar surface area (TPSA) is 157 Å². The van der Waals surface area contributed by atoms with Crippen molar-refractivity contribution in [2.75, 3.05) is 26.4 Å². The van der Waals surface area contributed by atoms with Crippen molar-refractivity contribution in [2.24, 2.45) is 17.3 Å². The van der Waals surface area contributed by atoms with Gasteiger partial charge in [-0.05, 0) is 29.4 Å². The molecule has 2 aromatic rings. The molecule has 3 saturated heterocycles. The number of hydrogen-bond acceptors (Lipinski definition) is 10. The summed E-state index contributed by atoms with van der Waals surface area (Å²) in [6.45, 7) is 7.06. The minimum Gasteiger partial charge on any atom is -0.444 e. The molecule has 4 N–H and O–H groups in total. The zero-order valence-corrected chi connectivity index (χ0v) is 28.3. The van der Waals surface area contributed by atoms with Crippen LogP contribution >= 0.6 is 0 Å². The van der Waals surface area contributed by atoms with Gasteiger partial charge in [-0.1, -0.05) is 81.4 Å². The number of amides is 3. The number of carbonyl (C=O) groups excluding carboxylic acids is 3. The third-order valence-electron chi connectivity index (χ3n) is 9.71. The second kappa shape index (κ2) is 15.4. The van der Waals surface area contributed by atoms with Gasteiger partial charge in [0.25, 0.3) is 5.91 Å². The molecule has 4 aliphatic rings. The fourth-order valence-corrected chi connectivity index (χ4v) is 7.14. The van der Waals surface area contributed by atoms with Crippen molar-refractivity contribution in [3.63, 3.8) is 0 Å². The van der Waals surface area contributed by atoms with E-state index in [1.807, 2.05) is 81.4 Å². The Morgan fingerprint density at radius 1 is 0.939 bits per heavy atom. The van der Waals surface area contributed by atoms with E-state index in [4.69, 9.17) is 23.7 Å². The Balaban J connectivity index is 1.15. The first-order valence-electron chi connectivity index (χ1n) is 17.1. The van der Waals surface area contributed by atoms with E-state index >= 15 is 0 Å². The first-order valence-corrected chi connectivity index (χ1v) is 17.1. The van der Waals surface area contributed by atoms with E-state index < -0.39 is 47.8 Å². The largest absolute Gasteiger partial charge is 0.444 e. The Bertz CT molecular complexity index is 1420. The Kier molecular flexibility index (Phi) is 11.0. The second-order valence-corrected chi connectivity index (χ2v) is 14.5. The fraction of sp³-hybridized carbons (Fsp3) is 0.583. The van der Waals surface area contributed by atoms with Gasteiger partial charge >= 0.3 is 12.2 Å². The number of alkyl carbamates (subject to hydrolysis) is 2. The van der Waals surface area contributed by atoms with Crippen LogP contribution in [0.25, 0.3) is 0 Å². The van der Waals surface area contributed by atoms with E-state index in [0.29, 0.717) is 32.7 Å². The molecule has 0 radical (unpaired) electrons. The number of aliphatic hydroxyl groups excluding tert-OH is 1. The van der Waals surface area contributed by atoms with Gasteiger partial charge in [0.1, 0.15) is 18.2 Å². The molecule has 3 amide bonds. The van der Waals surface area contributed by atoms with Crippen LogP contribution < -0.4 is 16.1 Å². The van der Waals surface area contributed by atoms with Crippen molar-refractivity contribution in [2.45, 2.75) is 89.4 Å². The highest BCUT2D eigenvalue weighted by Crippen LogP contribution is 2.50. The number of fused-ring (bicyclic) bond motifs is 1. The summed E-state index contributed by atoms with van der Waals surface area (Å²) in [5.74, 6) is -0.152. The Morgan fingerprint density at radius 3 is 2.31 bits per heavy atom. The van der Waals surface area contributed by atoms with E-state index in [9.17, 15) is 19.5 Å². The summed E-state index contributed by atoms with van der Waals surface area (Å²) in [6.07, 6.45) is -1.97. The zero-order valence-electron chi connectivity index (χ0n) is 28.3. The molecule has 6 rings (SSSR count). The Hall–Kier alpha value is -3.75. The molecule has 2 bridgehead atoms. The molecule has 13 heteroatoms. The van der Waals surface area contributed by atoms with Crippen LogP contribution in [0.2, 0.25) is 0 Å². The molecular weight excluding hydrogens is 632 g/mol. The highest BCUT2D eigenvalue weighted by Gasteiger charge is 2.60. The zero-order chi connectivity index (χ0) is 34.5. The maximum absolute atomic E-state index is 13.9. The first-order chi connectivity index (χ1) is 23.5. The maximum Gasteiger partial charge on any atom is 0.408 e. The van der Waals surface area contributed by atoms with Gasteiger partial charge in [-0.3, -0.25) is 10.2 Å². The molecule has 0 spiro atoms. The van der Waals surface area contributed by atoms with Crippen LogP contribution in [-0.4, -0.2) is 97.4 Å². The van der Waals surface area contributed by atoms with Crippen LogP contribution in [0.1, 0.15) is 44.7 Å². The van der Waals surface area contributed by atoms with Crippen LogP contribution in [0, 0.1) is 17.3 Å². The summed E-state index contributed by atoms with van der Waals surface area (Å²) in [5, 5.41) is 19.0. The highest BCUT2D eigenvalue weighted by molar-refractivity contribution is 5.86. The molecule has 1 aliphatic carbocycles. The quantitative estimate of drug-likeness (QED) is 0.232. The lowest BCUT2D eigenvalue weighted by molar-refractivity contribution is -0.142. The summed E-state index contributed by atoms with van der Waals surface area (Å²) in [7, 11) is 0. The van der Waals surface area contributed by atoms with Crippen molar-refractivity contribution in [1.29, 1.82) is 0 Å². The van der Waals surface area contributed by atoms with Gasteiger partial charge in [0.05, 0.1) is 38.1 Å². The standard InChI is InChI=1S/C36H48N4O9/c1-36(2,3)31(38-35(44)47-24-14-15-45-20-24)32(42)39-40(18-23-12-8-5-9-13-23)19-28(41)27(16-22-10-6-4-7-11-22)37-34(43)49-30-26-21-46-33-25(26)17-29(30)48-33/h4-13,24-31,33,41H,14-21H2,1-3H3,(H,37,43)(H,38,44)(H,39,42)/t24?,25?,26?,27-,28+,29?,30?,31+,33?/m0/s1. The Morgan fingerprint density at radius 2 is 1.63 bits per heavy atom. The number of nitrogens with one attached hydrogen (secondary N) is 3. The van der Waals surface area contributed by atoms with Gasteiger partial charge in [0.15, 0.2) is 6.29 Å². The molecule has 13 nitrogen and oxygen atoms in total. The third-order valence-corrected chi connectivity index (χ3v) is 9.71. The van der Waals surface area contributed by atoms with E-state index in [1.54, 1.807) is 5.01 Å². The lowest BCUT2D eigenvalue weighted by Gasteiger charge is -2.35. The van der Waals surface area contributed by atoms with Gasteiger partial charge in [-0.15, -0.1) is 0 Å². The molecule has 3 heterocycles. The SMILES string of the molecule is CC(C)(C)[C@H](NC(=O)OC1CCOC1)C(=O)NN(Cc1ccccc1)C[C@@H](O)[C@H](Cc1ccccc1)NC(=O)OC1C2CC3C(OCC31)O2. The van der Waals surface area contributed by atoms with Crippen molar-refractivity contribution < 1.29 is 43.2 Å². The third kappa shape index (κ3) is 8.89. The normalized spacial score (nSPS) is 27.4. The van der Waals surface area contributed by atoms with Gasteiger partial charge in [-0.25, -0.2) is 14.6 Å². The number of ether oxygens (including phenoxy) is 5. The van der Waals surface area contributed by atoms with E-state index in [0.717, 1.165) is 17.5 Å². The molecule has 2 aromatic carbocycles. The molecule has 9 atom stereocenters. The Labute approximate surface area is 286 Å².